The molecule has 2 aromatic carbocycles. The molecule has 0 saturated carbocycles. The molecule has 1 aromatic heterocycles. The van der Waals surface area contributed by atoms with E-state index in [-0.39, 0.29) is 11.9 Å². The van der Waals surface area contributed by atoms with Crippen molar-refractivity contribution in [2.24, 2.45) is 0 Å². The first kappa shape index (κ1) is 20.2. The quantitative estimate of drug-likeness (QED) is 0.585. The Kier molecular flexibility index (Phi) is 6.09. The van der Waals surface area contributed by atoms with Crippen molar-refractivity contribution < 1.29 is 9.53 Å². The van der Waals surface area contributed by atoms with Crippen molar-refractivity contribution in [1.82, 2.24) is 14.5 Å². The number of carbonyl (C=O) groups is 1. The second-order valence-electron chi connectivity index (χ2n) is 7.18. The number of aromatic nitrogens is 2. The van der Waals surface area contributed by atoms with Gasteiger partial charge in [0, 0.05) is 19.5 Å². The van der Waals surface area contributed by atoms with Gasteiger partial charge in [0.15, 0.2) is 0 Å². The van der Waals surface area contributed by atoms with Crippen LogP contribution in [0, 0.1) is 0 Å². The molecule has 0 radical (unpaired) electrons. The Labute approximate surface area is 180 Å². The van der Waals surface area contributed by atoms with Crippen molar-refractivity contribution >= 4 is 40.1 Å². The maximum Gasteiger partial charge on any atom is 0.245 e. The lowest BCUT2D eigenvalue weighted by atomic mass is 10.1. The summed E-state index contributed by atoms with van der Waals surface area (Å²) in [5.74, 6) is 0.925. The number of amides is 1. The molecule has 1 aliphatic heterocycles. The highest BCUT2D eigenvalue weighted by Gasteiger charge is 2.29. The van der Waals surface area contributed by atoms with E-state index in [1.54, 1.807) is 6.07 Å². The molecular formula is C22H23Cl2N3O2. The van der Waals surface area contributed by atoms with Crippen molar-refractivity contribution in [2.45, 2.75) is 25.8 Å². The van der Waals surface area contributed by atoms with Gasteiger partial charge in [-0.05, 0) is 24.1 Å². The molecule has 1 fully saturated rings. The van der Waals surface area contributed by atoms with Gasteiger partial charge in [-0.2, -0.15) is 0 Å². The van der Waals surface area contributed by atoms with Crippen molar-refractivity contribution in [2.75, 3.05) is 26.3 Å². The predicted molar refractivity (Wildman–Crippen MR) is 116 cm³/mol. The highest BCUT2D eigenvalue weighted by atomic mass is 35.5. The first-order chi connectivity index (χ1) is 14.1. The largest absolute Gasteiger partial charge is 0.378 e. The zero-order chi connectivity index (χ0) is 20.4. The fourth-order valence-corrected chi connectivity index (χ4v) is 4.17. The van der Waals surface area contributed by atoms with Crippen molar-refractivity contribution in [1.29, 1.82) is 0 Å². The number of rotatable bonds is 5. The van der Waals surface area contributed by atoms with Gasteiger partial charge < -0.3 is 14.2 Å². The Balaban J connectivity index is 1.81. The Hall–Kier alpha value is -2.08. The average Bonchev–Trinajstić information content (AvgIpc) is 3.07. The number of halogens is 2. The lowest BCUT2D eigenvalue weighted by Crippen LogP contribution is -2.44. The number of benzene rings is 2. The summed E-state index contributed by atoms with van der Waals surface area (Å²) in [4.78, 5) is 20.1. The van der Waals surface area contributed by atoms with Crippen LogP contribution in [0.4, 0.5) is 0 Å². The third kappa shape index (κ3) is 4.13. The summed E-state index contributed by atoms with van der Waals surface area (Å²) in [5, 5.41) is 0.919. The van der Waals surface area contributed by atoms with Gasteiger partial charge in [-0.15, -0.1) is 0 Å². The van der Waals surface area contributed by atoms with Gasteiger partial charge >= 0.3 is 0 Å². The van der Waals surface area contributed by atoms with Crippen LogP contribution >= 0.6 is 23.2 Å². The number of imidazole rings is 1. The van der Waals surface area contributed by atoms with Crippen LogP contribution in [0.3, 0.4) is 0 Å². The number of morpholine rings is 1. The predicted octanol–water partition coefficient (Wildman–Crippen LogP) is 4.74. The summed E-state index contributed by atoms with van der Waals surface area (Å²) in [7, 11) is 0. The van der Waals surface area contributed by atoms with E-state index in [0.29, 0.717) is 49.2 Å². The fourth-order valence-electron chi connectivity index (χ4n) is 3.85. The number of nitrogens with zero attached hydrogens (tertiary/aromatic N) is 3. The number of ether oxygens (including phenoxy) is 1. The van der Waals surface area contributed by atoms with E-state index in [2.05, 4.69) is 12.1 Å². The second-order valence-corrected chi connectivity index (χ2v) is 7.99. The summed E-state index contributed by atoms with van der Waals surface area (Å²) in [6, 6.07) is 13.4. The summed E-state index contributed by atoms with van der Waals surface area (Å²) in [5.41, 5.74) is 2.72. The fraction of sp³-hybridized carbons (Fsp3) is 0.364. The lowest BCUT2D eigenvalue weighted by Gasteiger charge is -2.31. The van der Waals surface area contributed by atoms with Gasteiger partial charge in [-0.3, -0.25) is 4.79 Å². The van der Waals surface area contributed by atoms with Gasteiger partial charge in [0.25, 0.3) is 0 Å². The Morgan fingerprint density at radius 2 is 1.83 bits per heavy atom. The monoisotopic (exact) mass is 431 g/mol. The Morgan fingerprint density at radius 3 is 2.52 bits per heavy atom. The maximum atomic E-state index is 13.4. The van der Waals surface area contributed by atoms with Gasteiger partial charge in [-0.1, -0.05) is 60.5 Å². The minimum atomic E-state index is -0.353. The molecule has 0 N–H and O–H groups in total. The molecule has 5 nitrogen and oxygen atoms in total. The molecule has 4 rings (SSSR count). The molecule has 3 aromatic rings. The van der Waals surface area contributed by atoms with Crippen LogP contribution < -0.4 is 0 Å². The molecular weight excluding hydrogens is 409 g/mol. The molecule has 2 heterocycles. The first-order valence-electron chi connectivity index (χ1n) is 9.84. The second kappa shape index (κ2) is 8.74. The summed E-state index contributed by atoms with van der Waals surface area (Å²) >= 11 is 12.6. The number of hydrogen-bond donors (Lipinski definition) is 0. The van der Waals surface area contributed by atoms with E-state index in [0.717, 1.165) is 22.4 Å². The number of fused-ring (bicyclic) bond motifs is 1. The highest BCUT2D eigenvalue weighted by molar-refractivity contribution is 6.42. The highest BCUT2D eigenvalue weighted by Crippen LogP contribution is 2.32. The van der Waals surface area contributed by atoms with Crippen LogP contribution in [0.1, 0.15) is 30.8 Å². The molecule has 0 bridgehead atoms. The Morgan fingerprint density at radius 1 is 1.14 bits per heavy atom. The Bertz CT molecular complexity index is 1010. The molecule has 0 unspecified atom stereocenters. The normalized spacial score (nSPS) is 15.6. The number of hydrogen-bond acceptors (Lipinski definition) is 3. The molecule has 1 saturated heterocycles. The van der Waals surface area contributed by atoms with Crippen LogP contribution in [0.15, 0.2) is 42.5 Å². The van der Waals surface area contributed by atoms with Crippen LogP contribution in [-0.4, -0.2) is 46.7 Å². The van der Waals surface area contributed by atoms with Crippen LogP contribution in [0.25, 0.3) is 11.0 Å². The molecule has 7 heteroatoms. The van der Waals surface area contributed by atoms with Gasteiger partial charge in [-0.25, -0.2) is 4.98 Å². The molecule has 29 heavy (non-hydrogen) atoms. The molecule has 0 spiro atoms. The minimum absolute atomic E-state index is 0.0930. The van der Waals surface area contributed by atoms with E-state index in [1.807, 2.05) is 40.7 Å². The van der Waals surface area contributed by atoms with Crippen LogP contribution in [0.5, 0.6) is 0 Å². The van der Waals surface area contributed by atoms with E-state index < -0.39 is 0 Å². The standard InChI is InChI=1S/C22H23Cl2N3O2/c1-2-19(22(28)26-8-10-29-11-9-26)27-20-14-17(24)16(23)13-18(20)25-21(27)12-15-6-4-3-5-7-15/h3-7,13-14,19H,2,8-12H2,1H3/t19-/m0/s1. The molecule has 1 aliphatic rings. The van der Waals surface area contributed by atoms with E-state index in [1.165, 1.54) is 0 Å². The smallest absolute Gasteiger partial charge is 0.245 e. The van der Waals surface area contributed by atoms with E-state index in [4.69, 9.17) is 32.9 Å². The average molecular weight is 432 g/mol. The van der Waals surface area contributed by atoms with E-state index in [9.17, 15) is 4.79 Å². The minimum Gasteiger partial charge on any atom is -0.378 e. The summed E-state index contributed by atoms with van der Waals surface area (Å²) < 4.78 is 7.45. The summed E-state index contributed by atoms with van der Waals surface area (Å²) in [6.45, 7) is 4.40. The van der Waals surface area contributed by atoms with E-state index >= 15 is 0 Å². The van der Waals surface area contributed by atoms with Crippen molar-refractivity contribution in [3.8, 4) is 0 Å². The third-order valence-corrected chi connectivity index (χ3v) is 6.04. The van der Waals surface area contributed by atoms with Gasteiger partial charge in [0.2, 0.25) is 5.91 Å². The van der Waals surface area contributed by atoms with Gasteiger partial charge in [0.1, 0.15) is 11.9 Å². The van der Waals surface area contributed by atoms with Crippen molar-refractivity contribution in [3.63, 3.8) is 0 Å². The zero-order valence-electron chi connectivity index (χ0n) is 16.3. The topological polar surface area (TPSA) is 47.4 Å². The molecule has 1 atom stereocenters. The van der Waals surface area contributed by atoms with Crippen LogP contribution in [-0.2, 0) is 16.0 Å². The summed E-state index contributed by atoms with van der Waals surface area (Å²) in [6.07, 6.45) is 1.28. The number of carbonyl (C=O) groups excluding carboxylic acids is 1. The first-order valence-corrected chi connectivity index (χ1v) is 10.6. The molecule has 0 aliphatic carbocycles. The zero-order valence-corrected chi connectivity index (χ0v) is 17.8. The van der Waals surface area contributed by atoms with Gasteiger partial charge in [0.05, 0.1) is 34.3 Å². The molecule has 1 amide bonds. The van der Waals surface area contributed by atoms with Crippen molar-refractivity contribution in [3.05, 3.63) is 63.9 Å². The van der Waals surface area contributed by atoms with Crippen LogP contribution in [0.2, 0.25) is 10.0 Å². The molecule has 152 valence electrons. The maximum absolute atomic E-state index is 13.4. The SMILES string of the molecule is CC[C@@H](C(=O)N1CCOCC1)n1c(Cc2ccccc2)nc2cc(Cl)c(Cl)cc21. The lowest BCUT2D eigenvalue weighted by molar-refractivity contribution is -0.138. The third-order valence-electron chi connectivity index (χ3n) is 5.32.